The number of benzene rings is 3. The zero-order valence-electron chi connectivity index (χ0n) is 24.8. The Morgan fingerprint density at radius 2 is 1.55 bits per heavy atom. The minimum Gasteiger partial charge on any atom is -0.352 e. The summed E-state index contributed by atoms with van der Waals surface area (Å²) in [5, 5.41) is 3.10. The molecular formula is C33H40FN3O4S. The lowest BCUT2D eigenvalue weighted by Gasteiger charge is -2.34. The van der Waals surface area contributed by atoms with Crippen LogP contribution in [0, 0.1) is 26.6 Å². The fourth-order valence-corrected chi connectivity index (χ4v) is 6.99. The molecule has 0 saturated heterocycles. The number of anilines is 1. The zero-order valence-corrected chi connectivity index (χ0v) is 25.6. The van der Waals surface area contributed by atoms with Gasteiger partial charge in [0.25, 0.3) is 10.0 Å². The summed E-state index contributed by atoms with van der Waals surface area (Å²) in [5.74, 6) is -1.20. The molecule has 0 heterocycles. The maximum Gasteiger partial charge on any atom is 0.264 e. The fraction of sp³-hybridized carbons (Fsp3) is 0.394. The summed E-state index contributed by atoms with van der Waals surface area (Å²) in [6.45, 7) is 6.95. The topological polar surface area (TPSA) is 86.8 Å². The van der Waals surface area contributed by atoms with Crippen LogP contribution in [0.3, 0.4) is 0 Å². The zero-order chi connectivity index (χ0) is 30.4. The second kappa shape index (κ2) is 13.5. The van der Waals surface area contributed by atoms with Crippen LogP contribution in [0.2, 0.25) is 0 Å². The Kier molecular flexibility index (Phi) is 10.0. The van der Waals surface area contributed by atoms with Crippen LogP contribution in [-0.4, -0.2) is 43.8 Å². The number of hydrogen-bond donors (Lipinski definition) is 1. The Labute approximate surface area is 248 Å². The van der Waals surface area contributed by atoms with Gasteiger partial charge >= 0.3 is 0 Å². The number of halogens is 1. The van der Waals surface area contributed by atoms with E-state index in [9.17, 15) is 22.4 Å². The minimum atomic E-state index is -4.15. The van der Waals surface area contributed by atoms with Gasteiger partial charge in [0.1, 0.15) is 18.4 Å². The van der Waals surface area contributed by atoms with Crippen molar-refractivity contribution in [2.75, 3.05) is 10.8 Å². The van der Waals surface area contributed by atoms with Crippen molar-refractivity contribution >= 4 is 27.5 Å². The van der Waals surface area contributed by atoms with Gasteiger partial charge in [-0.05, 0) is 81.5 Å². The summed E-state index contributed by atoms with van der Waals surface area (Å²) in [6, 6.07) is 16.9. The van der Waals surface area contributed by atoms with Crippen molar-refractivity contribution in [1.82, 2.24) is 10.2 Å². The highest BCUT2D eigenvalue weighted by molar-refractivity contribution is 7.92. The average molecular weight is 594 g/mol. The molecular weight excluding hydrogens is 553 g/mol. The van der Waals surface area contributed by atoms with E-state index in [0.717, 1.165) is 41.1 Å². The fourth-order valence-electron chi connectivity index (χ4n) is 5.51. The van der Waals surface area contributed by atoms with Crippen molar-refractivity contribution < 1.29 is 22.4 Å². The third-order valence-electron chi connectivity index (χ3n) is 7.86. The standard InChI is InChI=1S/C33H40FN3O4S/c1-5-30(33(39)35-28-8-6-7-9-28)36(21-26-13-15-27(34)16-14-26)32(38)22-37(31-19-12-24(3)20-25(31)4)42(40,41)29-17-10-23(2)11-18-29/h10-20,28,30H,5-9,21-22H2,1-4H3,(H,35,39)/t30-/m0/s1. The van der Waals surface area contributed by atoms with Gasteiger partial charge in [-0.25, -0.2) is 12.8 Å². The van der Waals surface area contributed by atoms with Crippen LogP contribution in [0.15, 0.2) is 71.6 Å². The molecule has 3 aromatic rings. The number of nitrogens with one attached hydrogen (secondary N) is 1. The molecule has 0 aromatic heterocycles. The van der Waals surface area contributed by atoms with Gasteiger partial charge in [-0.1, -0.05) is 67.3 Å². The van der Waals surface area contributed by atoms with Gasteiger partial charge in [-0.3, -0.25) is 13.9 Å². The molecule has 3 aromatic carbocycles. The second-order valence-corrected chi connectivity index (χ2v) is 13.0. The molecule has 42 heavy (non-hydrogen) atoms. The first-order valence-electron chi connectivity index (χ1n) is 14.5. The molecule has 0 aliphatic heterocycles. The molecule has 4 rings (SSSR count). The summed E-state index contributed by atoms with van der Waals surface area (Å²) in [5.41, 5.74) is 3.60. The number of hydrogen-bond acceptors (Lipinski definition) is 4. The molecule has 1 atom stereocenters. The lowest BCUT2D eigenvalue weighted by atomic mass is 10.1. The maximum atomic E-state index is 14.2. The average Bonchev–Trinajstić information content (AvgIpc) is 3.46. The van der Waals surface area contributed by atoms with E-state index in [1.54, 1.807) is 30.3 Å². The van der Waals surface area contributed by atoms with Crippen molar-refractivity contribution in [3.05, 3.63) is 94.8 Å². The number of aryl methyl sites for hydroxylation is 3. The first-order valence-corrected chi connectivity index (χ1v) is 15.9. The van der Waals surface area contributed by atoms with Gasteiger partial charge in [-0.15, -0.1) is 0 Å². The Balaban J connectivity index is 1.73. The van der Waals surface area contributed by atoms with Gasteiger partial charge in [0.05, 0.1) is 10.6 Å². The van der Waals surface area contributed by atoms with Crippen molar-refractivity contribution in [1.29, 1.82) is 0 Å². The van der Waals surface area contributed by atoms with E-state index in [2.05, 4.69) is 5.32 Å². The Hall–Kier alpha value is -3.72. The third kappa shape index (κ3) is 7.37. The van der Waals surface area contributed by atoms with Crippen molar-refractivity contribution in [3.63, 3.8) is 0 Å². The van der Waals surface area contributed by atoms with Gasteiger partial charge in [0.15, 0.2) is 0 Å². The quantitative estimate of drug-likeness (QED) is 0.304. The highest BCUT2D eigenvalue weighted by Crippen LogP contribution is 2.29. The van der Waals surface area contributed by atoms with E-state index in [1.807, 2.05) is 39.8 Å². The van der Waals surface area contributed by atoms with Gasteiger partial charge < -0.3 is 10.2 Å². The summed E-state index contributed by atoms with van der Waals surface area (Å²) in [6.07, 6.45) is 4.20. The highest BCUT2D eigenvalue weighted by Gasteiger charge is 2.35. The Bertz CT molecular complexity index is 1500. The van der Waals surface area contributed by atoms with Gasteiger partial charge in [-0.2, -0.15) is 0 Å². The number of sulfonamides is 1. The lowest BCUT2D eigenvalue weighted by molar-refractivity contribution is -0.140. The summed E-state index contributed by atoms with van der Waals surface area (Å²) >= 11 is 0. The third-order valence-corrected chi connectivity index (χ3v) is 9.64. The van der Waals surface area contributed by atoms with E-state index >= 15 is 0 Å². The summed E-state index contributed by atoms with van der Waals surface area (Å²) < 4.78 is 43.0. The molecule has 9 heteroatoms. The summed E-state index contributed by atoms with van der Waals surface area (Å²) in [4.78, 5) is 29.2. The molecule has 0 bridgehead atoms. The summed E-state index contributed by atoms with van der Waals surface area (Å²) in [7, 11) is -4.15. The first kappa shape index (κ1) is 31.2. The molecule has 1 N–H and O–H groups in total. The van der Waals surface area contributed by atoms with E-state index < -0.39 is 34.3 Å². The monoisotopic (exact) mass is 593 g/mol. The Morgan fingerprint density at radius 1 is 0.929 bits per heavy atom. The van der Waals surface area contributed by atoms with Crippen molar-refractivity contribution in [2.45, 2.75) is 83.3 Å². The Morgan fingerprint density at radius 3 is 2.14 bits per heavy atom. The van der Waals surface area contributed by atoms with Crippen molar-refractivity contribution in [3.8, 4) is 0 Å². The smallest absolute Gasteiger partial charge is 0.264 e. The van der Waals surface area contributed by atoms with Crippen LogP contribution >= 0.6 is 0 Å². The van der Waals surface area contributed by atoms with Crippen LogP contribution in [0.4, 0.5) is 10.1 Å². The highest BCUT2D eigenvalue weighted by atomic mass is 32.2. The van der Waals surface area contributed by atoms with Crippen LogP contribution in [0.1, 0.15) is 61.3 Å². The molecule has 1 aliphatic carbocycles. The van der Waals surface area contributed by atoms with E-state index in [1.165, 1.54) is 29.2 Å². The van der Waals surface area contributed by atoms with E-state index in [4.69, 9.17) is 0 Å². The molecule has 0 spiro atoms. The maximum absolute atomic E-state index is 14.2. The van der Waals surface area contributed by atoms with Gasteiger partial charge in [0.2, 0.25) is 11.8 Å². The molecule has 0 unspecified atom stereocenters. The molecule has 224 valence electrons. The van der Waals surface area contributed by atoms with Crippen LogP contribution in [-0.2, 0) is 26.2 Å². The van der Waals surface area contributed by atoms with Crippen LogP contribution < -0.4 is 9.62 Å². The SMILES string of the molecule is CC[C@@H](C(=O)NC1CCCC1)N(Cc1ccc(F)cc1)C(=O)CN(c1ccc(C)cc1C)S(=O)(=O)c1ccc(C)cc1. The van der Waals surface area contributed by atoms with E-state index in [0.29, 0.717) is 23.2 Å². The van der Waals surface area contributed by atoms with Crippen LogP contribution in [0.25, 0.3) is 0 Å². The second-order valence-electron chi connectivity index (χ2n) is 11.2. The largest absolute Gasteiger partial charge is 0.352 e. The van der Waals surface area contributed by atoms with Crippen LogP contribution in [0.5, 0.6) is 0 Å². The minimum absolute atomic E-state index is 0.0288. The van der Waals surface area contributed by atoms with E-state index in [-0.39, 0.29) is 23.4 Å². The predicted octanol–water partition coefficient (Wildman–Crippen LogP) is 5.81. The number of rotatable bonds is 11. The molecule has 2 amide bonds. The molecule has 1 saturated carbocycles. The van der Waals surface area contributed by atoms with Gasteiger partial charge in [0, 0.05) is 12.6 Å². The van der Waals surface area contributed by atoms with Crippen molar-refractivity contribution in [2.24, 2.45) is 0 Å². The lowest BCUT2D eigenvalue weighted by Crippen LogP contribution is -2.53. The molecule has 7 nitrogen and oxygen atoms in total. The normalized spacial score (nSPS) is 14.4. The molecule has 0 radical (unpaired) electrons. The predicted molar refractivity (Wildman–Crippen MR) is 163 cm³/mol. The number of carbonyl (C=O) groups is 2. The number of nitrogens with zero attached hydrogens (tertiary/aromatic N) is 2. The molecule has 1 aliphatic rings. The number of carbonyl (C=O) groups excluding carboxylic acids is 2. The molecule has 1 fully saturated rings. The first-order chi connectivity index (χ1) is 20.0. The number of amides is 2.